The maximum absolute atomic E-state index is 12.1. The molecule has 2 amide bonds. The average molecular weight is 507 g/mol. The first kappa shape index (κ1) is 25.0. The van der Waals surface area contributed by atoms with Gasteiger partial charge in [-0.3, -0.25) is 14.6 Å². The molecule has 0 aromatic heterocycles. The van der Waals surface area contributed by atoms with E-state index in [4.69, 9.17) is 0 Å². The average Bonchev–Trinajstić information content (AvgIpc) is 3.00. The van der Waals surface area contributed by atoms with E-state index in [1.807, 2.05) is 23.6 Å². The lowest BCUT2D eigenvalue weighted by atomic mass is 10.2. The Balaban J connectivity index is 0.00000392. The molecule has 0 saturated carbocycles. The summed E-state index contributed by atoms with van der Waals surface area (Å²) in [6.07, 6.45) is 5.83. The Bertz CT molecular complexity index is 527. The summed E-state index contributed by atoms with van der Waals surface area (Å²) in [5.41, 5.74) is 0. The number of amides is 2. The van der Waals surface area contributed by atoms with E-state index < -0.39 is 0 Å². The van der Waals surface area contributed by atoms with E-state index in [1.165, 1.54) is 0 Å². The number of hydrogen-bond donors (Lipinski definition) is 2. The summed E-state index contributed by atoms with van der Waals surface area (Å²) in [6.45, 7) is 10.7. The summed E-state index contributed by atoms with van der Waals surface area (Å²) in [6, 6.07) is 0.248. The van der Waals surface area contributed by atoms with Crippen molar-refractivity contribution >= 4 is 41.8 Å². The molecule has 0 aromatic carbocycles. The molecule has 8 heteroatoms. The van der Waals surface area contributed by atoms with Crippen molar-refractivity contribution in [1.82, 2.24) is 20.4 Å². The molecule has 0 bridgehead atoms. The third-order valence-electron chi connectivity index (χ3n) is 5.21. The maximum atomic E-state index is 12.1. The molecule has 162 valence electrons. The number of carbonyl (C=O) groups excluding carboxylic acids is 2. The predicted molar refractivity (Wildman–Crippen MR) is 124 cm³/mol. The van der Waals surface area contributed by atoms with Crippen LogP contribution in [-0.4, -0.2) is 72.9 Å². The van der Waals surface area contributed by atoms with Gasteiger partial charge in [0.2, 0.25) is 11.8 Å². The van der Waals surface area contributed by atoms with Crippen LogP contribution in [-0.2, 0) is 9.59 Å². The Kier molecular flexibility index (Phi) is 11.8. The topological polar surface area (TPSA) is 77.0 Å². The van der Waals surface area contributed by atoms with Crippen molar-refractivity contribution in [3.05, 3.63) is 0 Å². The van der Waals surface area contributed by atoms with Crippen LogP contribution in [0.1, 0.15) is 59.3 Å². The standard InChI is InChI=1S/C20H37N5O2.HI/c1-4-21-20(23-17-10-14-25(15-17)19(27)16(2)3)22-11-8-13-24-12-7-5-6-9-18(24)26;/h16-17H,4-15H2,1-3H3,(H2,21,22,23);1H. The van der Waals surface area contributed by atoms with Gasteiger partial charge in [0.15, 0.2) is 5.96 Å². The minimum atomic E-state index is 0. The van der Waals surface area contributed by atoms with Crippen molar-refractivity contribution in [2.45, 2.75) is 65.3 Å². The van der Waals surface area contributed by atoms with Crippen molar-refractivity contribution < 1.29 is 9.59 Å². The highest BCUT2D eigenvalue weighted by atomic mass is 127. The van der Waals surface area contributed by atoms with E-state index in [9.17, 15) is 9.59 Å². The number of nitrogens with zero attached hydrogens (tertiary/aromatic N) is 3. The van der Waals surface area contributed by atoms with Crippen molar-refractivity contribution in [3.8, 4) is 0 Å². The van der Waals surface area contributed by atoms with E-state index in [2.05, 4.69) is 22.5 Å². The number of hydrogen-bond acceptors (Lipinski definition) is 3. The quantitative estimate of drug-likeness (QED) is 0.240. The number of nitrogens with one attached hydrogen (secondary N) is 2. The fourth-order valence-electron chi connectivity index (χ4n) is 3.68. The molecule has 2 rings (SSSR count). The molecular formula is C20H38IN5O2. The van der Waals surface area contributed by atoms with Crippen LogP contribution in [0.3, 0.4) is 0 Å². The normalized spacial score (nSPS) is 20.8. The molecule has 2 aliphatic heterocycles. The Morgan fingerprint density at radius 3 is 2.75 bits per heavy atom. The number of halogens is 1. The van der Waals surface area contributed by atoms with Gasteiger partial charge in [0.05, 0.1) is 0 Å². The van der Waals surface area contributed by atoms with Gasteiger partial charge in [-0.15, -0.1) is 24.0 Å². The number of aliphatic imine (C=N–C) groups is 1. The second-order valence-corrected chi connectivity index (χ2v) is 7.87. The number of carbonyl (C=O) groups is 2. The van der Waals surface area contributed by atoms with Crippen LogP contribution in [0.4, 0.5) is 0 Å². The molecule has 7 nitrogen and oxygen atoms in total. The van der Waals surface area contributed by atoms with Gasteiger partial charge in [0.25, 0.3) is 0 Å². The molecule has 1 unspecified atom stereocenters. The molecular weight excluding hydrogens is 469 g/mol. The van der Waals surface area contributed by atoms with E-state index in [-0.39, 0.29) is 41.8 Å². The van der Waals surface area contributed by atoms with Crippen LogP contribution < -0.4 is 10.6 Å². The predicted octanol–water partition coefficient (Wildman–Crippen LogP) is 2.21. The SMILES string of the molecule is CCNC(=NCCCN1CCCCCC1=O)NC1CCN(C(=O)C(C)C)C1.I. The van der Waals surface area contributed by atoms with Gasteiger partial charge >= 0.3 is 0 Å². The highest BCUT2D eigenvalue weighted by Crippen LogP contribution is 2.13. The van der Waals surface area contributed by atoms with Crippen LogP contribution in [0, 0.1) is 5.92 Å². The van der Waals surface area contributed by atoms with Crippen molar-refractivity contribution in [1.29, 1.82) is 0 Å². The zero-order valence-corrected chi connectivity index (χ0v) is 20.0. The lowest BCUT2D eigenvalue weighted by molar-refractivity contribution is -0.133. The minimum absolute atomic E-state index is 0. The molecule has 0 aromatic rings. The summed E-state index contributed by atoms with van der Waals surface area (Å²) >= 11 is 0. The molecule has 1 atom stereocenters. The first-order chi connectivity index (χ1) is 13.0. The summed E-state index contributed by atoms with van der Waals surface area (Å²) in [5.74, 6) is 1.38. The lowest BCUT2D eigenvalue weighted by Gasteiger charge is -2.21. The minimum Gasteiger partial charge on any atom is -0.357 e. The molecule has 2 heterocycles. The summed E-state index contributed by atoms with van der Waals surface area (Å²) < 4.78 is 0. The van der Waals surface area contributed by atoms with Crippen LogP contribution in [0.2, 0.25) is 0 Å². The van der Waals surface area contributed by atoms with Crippen molar-refractivity contribution in [2.24, 2.45) is 10.9 Å². The fourth-order valence-corrected chi connectivity index (χ4v) is 3.68. The van der Waals surface area contributed by atoms with Gasteiger partial charge in [-0.2, -0.15) is 0 Å². The van der Waals surface area contributed by atoms with Crippen molar-refractivity contribution in [3.63, 3.8) is 0 Å². The van der Waals surface area contributed by atoms with Crippen LogP contribution >= 0.6 is 24.0 Å². The summed E-state index contributed by atoms with van der Waals surface area (Å²) in [4.78, 5) is 32.8. The largest absolute Gasteiger partial charge is 0.357 e. The van der Waals surface area contributed by atoms with Gasteiger partial charge in [-0.05, 0) is 32.6 Å². The molecule has 0 radical (unpaired) electrons. The van der Waals surface area contributed by atoms with E-state index in [0.717, 1.165) is 70.8 Å². The molecule has 2 aliphatic rings. The smallest absolute Gasteiger partial charge is 0.225 e. The zero-order valence-electron chi connectivity index (χ0n) is 17.7. The number of rotatable bonds is 7. The fraction of sp³-hybridized carbons (Fsp3) is 0.850. The van der Waals surface area contributed by atoms with Gasteiger partial charge < -0.3 is 20.4 Å². The molecule has 2 fully saturated rings. The van der Waals surface area contributed by atoms with E-state index >= 15 is 0 Å². The Morgan fingerprint density at radius 1 is 1.25 bits per heavy atom. The highest BCUT2D eigenvalue weighted by molar-refractivity contribution is 14.0. The monoisotopic (exact) mass is 507 g/mol. The van der Waals surface area contributed by atoms with E-state index in [1.54, 1.807) is 0 Å². The second kappa shape index (κ2) is 13.2. The molecule has 0 spiro atoms. The molecule has 2 saturated heterocycles. The van der Waals surface area contributed by atoms with Crippen LogP contribution in [0.5, 0.6) is 0 Å². The number of likely N-dealkylation sites (tertiary alicyclic amines) is 2. The van der Waals surface area contributed by atoms with Crippen molar-refractivity contribution in [2.75, 3.05) is 39.3 Å². The van der Waals surface area contributed by atoms with Crippen LogP contribution in [0.25, 0.3) is 0 Å². The third kappa shape index (κ3) is 8.13. The highest BCUT2D eigenvalue weighted by Gasteiger charge is 2.27. The Labute approximate surface area is 187 Å². The summed E-state index contributed by atoms with van der Waals surface area (Å²) in [5, 5.41) is 6.75. The first-order valence-corrected chi connectivity index (χ1v) is 10.6. The van der Waals surface area contributed by atoms with Gasteiger partial charge in [-0.25, -0.2) is 0 Å². The van der Waals surface area contributed by atoms with Crippen LogP contribution in [0.15, 0.2) is 4.99 Å². The molecule has 0 aliphatic carbocycles. The third-order valence-corrected chi connectivity index (χ3v) is 5.21. The maximum Gasteiger partial charge on any atom is 0.225 e. The first-order valence-electron chi connectivity index (χ1n) is 10.6. The second-order valence-electron chi connectivity index (χ2n) is 7.87. The summed E-state index contributed by atoms with van der Waals surface area (Å²) in [7, 11) is 0. The Hall–Kier alpha value is -1.06. The number of guanidine groups is 1. The van der Waals surface area contributed by atoms with Gasteiger partial charge in [0.1, 0.15) is 0 Å². The zero-order chi connectivity index (χ0) is 19.6. The van der Waals surface area contributed by atoms with E-state index in [0.29, 0.717) is 18.9 Å². The van der Waals surface area contributed by atoms with Gasteiger partial charge in [0, 0.05) is 57.6 Å². The molecule has 28 heavy (non-hydrogen) atoms. The lowest BCUT2D eigenvalue weighted by Crippen LogP contribution is -2.45. The van der Waals surface area contributed by atoms with Gasteiger partial charge in [-0.1, -0.05) is 20.3 Å². The Morgan fingerprint density at radius 2 is 2.04 bits per heavy atom. The molecule has 2 N–H and O–H groups in total.